The van der Waals surface area contributed by atoms with Gasteiger partial charge < -0.3 is 0 Å². The molecule has 0 fully saturated rings. The minimum absolute atomic E-state index is 0.135. The van der Waals surface area contributed by atoms with Gasteiger partial charge in [-0.1, -0.05) is 23.7 Å². The Labute approximate surface area is 154 Å². The number of benzene rings is 2. The molecule has 0 saturated carbocycles. The lowest BCUT2D eigenvalue weighted by atomic mass is 10.1. The van der Waals surface area contributed by atoms with E-state index < -0.39 is 10.0 Å². The van der Waals surface area contributed by atoms with Crippen LogP contribution in [0.5, 0.6) is 0 Å². The first-order chi connectivity index (χ1) is 12.5. The highest BCUT2D eigenvalue weighted by atomic mass is 35.5. The van der Waals surface area contributed by atoms with Gasteiger partial charge in [0.1, 0.15) is 6.33 Å². The lowest BCUT2D eigenvalue weighted by Gasteiger charge is -2.09. The summed E-state index contributed by atoms with van der Waals surface area (Å²) in [5, 5.41) is 12.6. The third-order valence-corrected chi connectivity index (χ3v) is 5.35. The quantitative estimate of drug-likeness (QED) is 0.582. The standard InChI is InChI=1S/C17H12ClN5O2S/c18-13-4-6-15(7-5-13)26(24,25)22-14-3-1-2-12(10-14)16-8-9-17-20-19-11-23(17)21-16/h1-11,22H. The Morgan fingerprint density at radius 3 is 2.62 bits per heavy atom. The van der Waals surface area contributed by atoms with Gasteiger partial charge in [0.25, 0.3) is 10.0 Å². The van der Waals surface area contributed by atoms with Gasteiger partial charge in [-0.2, -0.15) is 9.61 Å². The third-order valence-electron chi connectivity index (χ3n) is 3.70. The summed E-state index contributed by atoms with van der Waals surface area (Å²) in [5.74, 6) is 0. The van der Waals surface area contributed by atoms with Gasteiger partial charge in [0.2, 0.25) is 0 Å². The lowest BCUT2D eigenvalue weighted by molar-refractivity contribution is 0.601. The maximum Gasteiger partial charge on any atom is 0.261 e. The van der Waals surface area contributed by atoms with Crippen molar-refractivity contribution in [3.8, 4) is 11.3 Å². The Morgan fingerprint density at radius 1 is 1.00 bits per heavy atom. The molecule has 0 atom stereocenters. The molecule has 0 aliphatic heterocycles. The van der Waals surface area contributed by atoms with Crippen molar-refractivity contribution >= 4 is 33.0 Å². The highest BCUT2D eigenvalue weighted by Crippen LogP contribution is 2.23. The van der Waals surface area contributed by atoms with Gasteiger partial charge in [-0.15, -0.1) is 10.2 Å². The van der Waals surface area contributed by atoms with Crippen LogP contribution >= 0.6 is 11.6 Å². The van der Waals surface area contributed by atoms with Gasteiger partial charge in [-0.3, -0.25) is 4.72 Å². The van der Waals surface area contributed by atoms with E-state index in [-0.39, 0.29) is 4.90 Å². The van der Waals surface area contributed by atoms with Crippen LogP contribution in [0.15, 0.2) is 71.9 Å². The number of hydrogen-bond acceptors (Lipinski definition) is 5. The van der Waals surface area contributed by atoms with Gasteiger partial charge >= 0.3 is 0 Å². The van der Waals surface area contributed by atoms with Crippen LogP contribution in [-0.4, -0.2) is 28.2 Å². The molecule has 0 aliphatic carbocycles. The first-order valence-electron chi connectivity index (χ1n) is 7.57. The van der Waals surface area contributed by atoms with Crippen LogP contribution in [0.25, 0.3) is 16.9 Å². The summed E-state index contributed by atoms with van der Waals surface area (Å²) in [7, 11) is -3.71. The summed E-state index contributed by atoms with van der Waals surface area (Å²) in [6.45, 7) is 0. The van der Waals surface area contributed by atoms with E-state index in [9.17, 15) is 8.42 Å². The maximum atomic E-state index is 12.5. The summed E-state index contributed by atoms with van der Waals surface area (Å²) >= 11 is 5.81. The Kier molecular flexibility index (Phi) is 4.06. The topological polar surface area (TPSA) is 89.2 Å². The number of fused-ring (bicyclic) bond motifs is 1. The van der Waals surface area contributed by atoms with Gasteiger partial charge in [0.05, 0.1) is 10.6 Å². The van der Waals surface area contributed by atoms with Crippen LogP contribution in [0, 0.1) is 0 Å². The molecular weight excluding hydrogens is 374 g/mol. The first-order valence-corrected chi connectivity index (χ1v) is 9.43. The number of nitrogens with zero attached hydrogens (tertiary/aromatic N) is 4. The number of hydrogen-bond donors (Lipinski definition) is 1. The molecule has 0 saturated heterocycles. The fourth-order valence-electron chi connectivity index (χ4n) is 2.45. The molecule has 4 rings (SSSR count). The second-order valence-electron chi connectivity index (χ2n) is 5.49. The van der Waals surface area contributed by atoms with Crippen molar-refractivity contribution in [2.45, 2.75) is 4.90 Å². The van der Waals surface area contributed by atoms with Crippen LogP contribution in [0.4, 0.5) is 5.69 Å². The molecule has 0 radical (unpaired) electrons. The van der Waals surface area contributed by atoms with Crippen molar-refractivity contribution in [3.63, 3.8) is 0 Å². The Bertz CT molecular complexity index is 1190. The Balaban J connectivity index is 1.66. The molecule has 0 bridgehead atoms. The highest BCUT2D eigenvalue weighted by Gasteiger charge is 2.14. The molecule has 0 aliphatic rings. The predicted octanol–water partition coefficient (Wildman–Crippen LogP) is 3.25. The van der Waals surface area contributed by atoms with E-state index in [1.54, 1.807) is 34.8 Å². The second-order valence-corrected chi connectivity index (χ2v) is 7.61. The minimum atomic E-state index is -3.71. The highest BCUT2D eigenvalue weighted by molar-refractivity contribution is 7.92. The van der Waals surface area contributed by atoms with Crippen LogP contribution in [0.1, 0.15) is 0 Å². The van der Waals surface area contributed by atoms with E-state index in [2.05, 4.69) is 20.0 Å². The molecule has 7 nitrogen and oxygen atoms in total. The van der Waals surface area contributed by atoms with Crippen LogP contribution < -0.4 is 4.72 Å². The number of anilines is 1. The summed E-state index contributed by atoms with van der Waals surface area (Å²) in [4.78, 5) is 0.135. The molecule has 1 N–H and O–H groups in total. The molecule has 130 valence electrons. The predicted molar refractivity (Wildman–Crippen MR) is 98.5 cm³/mol. The monoisotopic (exact) mass is 385 g/mol. The van der Waals surface area contributed by atoms with E-state index >= 15 is 0 Å². The molecule has 0 unspecified atom stereocenters. The number of rotatable bonds is 4. The van der Waals surface area contributed by atoms with Gasteiger partial charge in [-0.05, 0) is 48.5 Å². The summed E-state index contributed by atoms with van der Waals surface area (Å²) in [6, 6.07) is 16.6. The average Bonchev–Trinajstić information content (AvgIpc) is 3.09. The molecule has 2 aromatic carbocycles. The summed E-state index contributed by atoms with van der Waals surface area (Å²) < 4.78 is 29.1. The van der Waals surface area contributed by atoms with Gasteiger partial charge in [0, 0.05) is 16.3 Å². The van der Waals surface area contributed by atoms with Crippen molar-refractivity contribution in [1.82, 2.24) is 19.8 Å². The van der Waals surface area contributed by atoms with Crippen molar-refractivity contribution in [2.75, 3.05) is 4.72 Å². The molecule has 2 heterocycles. The zero-order valence-electron chi connectivity index (χ0n) is 13.2. The van der Waals surface area contributed by atoms with Crippen molar-refractivity contribution in [3.05, 3.63) is 72.0 Å². The summed E-state index contributed by atoms with van der Waals surface area (Å²) in [5.41, 5.74) is 2.50. The minimum Gasteiger partial charge on any atom is -0.280 e. The average molecular weight is 386 g/mol. The SMILES string of the molecule is O=S(=O)(Nc1cccc(-c2ccc3nncn3n2)c1)c1ccc(Cl)cc1. The van der Waals surface area contributed by atoms with Crippen molar-refractivity contribution in [1.29, 1.82) is 0 Å². The van der Waals surface area contributed by atoms with Crippen molar-refractivity contribution < 1.29 is 8.42 Å². The first kappa shape index (κ1) is 16.5. The van der Waals surface area contributed by atoms with E-state index in [0.29, 0.717) is 22.1 Å². The zero-order valence-corrected chi connectivity index (χ0v) is 14.8. The molecular formula is C17H12ClN5O2S. The van der Waals surface area contributed by atoms with Crippen LogP contribution in [-0.2, 0) is 10.0 Å². The number of sulfonamides is 1. The van der Waals surface area contributed by atoms with E-state index in [0.717, 1.165) is 5.56 Å². The number of halogens is 1. The molecule has 0 spiro atoms. The lowest BCUT2D eigenvalue weighted by Crippen LogP contribution is -2.12. The second kappa shape index (κ2) is 6.40. The maximum absolute atomic E-state index is 12.5. The molecule has 2 aromatic heterocycles. The number of aromatic nitrogens is 4. The Morgan fingerprint density at radius 2 is 1.81 bits per heavy atom. The normalized spacial score (nSPS) is 11.6. The molecule has 9 heteroatoms. The number of nitrogens with one attached hydrogen (secondary N) is 1. The zero-order chi connectivity index (χ0) is 18.1. The van der Waals surface area contributed by atoms with E-state index in [4.69, 9.17) is 11.6 Å². The van der Waals surface area contributed by atoms with Crippen molar-refractivity contribution in [2.24, 2.45) is 0 Å². The largest absolute Gasteiger partial charge is 0.280 e. The van der Waals surface area contributed by atoms with Crippen LogP contribution in [0.3, 0.4) is 0 Å². The van der Waals surface area contributed by atoms with Gasteiger partial charge in [0.15, 0.2) is 5.65 Å². The van der Waals surface area contributed by atoms with Gasteiger partial charge in [-0.25, -0.2) is 8.42 Å². The van der Waals surface area contributed by atoms with Crippen LogP contribution in [0.2, 0.25) is 5.02 Å². The molecule has 0 amide bonds. The molecule has 26 heavy (non-hydrogen) atoms. The Hall–Kier alpha value is -2.97. The smallest absolute Gasteiger partial charge is 0.261 e. The van der Waals surface area contributed by atoms with E-state index in [1.165, 1.54) is 30.6 Å². The fraction of sp³-hybridized carbons (Fsp3) is 0. The fourth-order valence-corrected chi connectivity index (χ4v) is 3.63. The summed E-state index contributed by atoms with van der Waals surface area (Å²) in [6.07, 6.45) is 1.51. The van der Waals surface area contributed by atoms with E-state index in [1.807, 2.05) is 6.07 Å². The molecule has 4 aromatic rings. The third kappa shape index (κ3) is 3.24.